The largest absolute Gasteiger partial charge is 0.316 e. The smallest absolute Gasteiger partial charge is 0.213 e. The molecule has 1 N–H and O–H groups in total. The van der Waals surface area contributed by atoms with Crippen molar-refractivity contribution in [2.45, 2.75) is 16.6 Å². The van der Waals surface area contributed by atoms with Crippen LogP contribution in [0.15, 0.2) is 28.3 Å². The monoisotopic (exact) mass is 269 g/mol. The fourth-order valence-corrected chi connectivity index (χ4v) is 2.40. The first-order valence-corrected chi connectivity index (χ1v) is 6.23. The Kier molecular flexibility index (Phi) is 3.98. The van der Waals surface area contributed by atoms with Crippen LogP contribution in [0.2, 0.25) is 5.02 Å². The van der Waals surface area contributed by atoms with Gasteiger partial charge in [0.2, 0.25) is 5.16 Å². The Labute approximate surface area is 109 Å². The highest BCUT2D eigenvalue weighted by Gasteiger charge is 2.08. The van der Waals surface area contributed by atoms with Crippen LogP contribution in [0, 0.1) is 0 Å². The number of halogens is 1. The van der Waals surface area contributed by atoms with E-state index in [-0.39, 0.29) is 0 Å². The summed E-state index contributed by atoms with van der Waals surface area (Å²) in [6.07, 6.45) is 0. The minimum Gasteiger partial charge on any atom is -0.316 e. The fraction of sp³-hybridized carbons (Fsp3) is 0.300. The van der Waals surface area contributed by atoms with Crippen LogP contribution in [0.25, 0.3) is 0 Å². The van der Waals surface area contributed by atoms with Crippen molar-refractivity contribution < 1.29 is 0 Å². The number of nitrogens with one attached hydrogen (secondary N) is 1. The van der Waals surface area contributed by atoms with Gasteiger partial charge in [0.15, 0.2) is 0 Å². The maximum atomic E-state index is 6.21. The number of benzene rings is 1. The van der Waals surface area contributed by atoms with Crippen LogP contribution in [0.4, 0.5) is 0 Å². The average Bonchev–Trinajstić information content (AvgIpc) is 2.69. The van der Waals surface area contributed by atoms with E-state index in [0.29, 0.717) is 10.2 Å². The van der Waals surface area contributed by atoms with E-state index in [9.17, 15) is 0 Å². The first-order chi connectivity index (χ1) is 8.20. The molecule has 0 radical (unpaired) electrons. The highest BCUT2D eigenvalue weighted by atomic mass is 35.5. The SMILES string of the molecule is CNCc1ccc(Sc2nnnn2C)c(Cl)c1. The Balaban J connectivity index is 2.19. The Hall–Kier alpha value is -1.11. The Morgan fingerprint density at radius 2 is 2.29 bits per heavy atom. The maximum Gasteiger partial charge on any atom is 0.213 e. The van der Waals surface area contributed by atoms with Crippen molar-refractivity contribution in [2.75, 3.05) is 7.05 Å². The fourth-order valence-electron chi connectivity index (χ4n) is 1.35. The molecule has 0 amide bonds. The third kappa shape index (κ3) is 2.96. The van der Waals surface area contributed by atoms with Crippen molar-refractivity contribution in [3.63, 3.8) is 0 Å². The lowest BCUT2D eigenvalue weighted by molar-refractivity contribution is 0.664. The first-order valence-electron chi connectivity index (χ1n) is 5.04. The zero-order chi connectivity index (χ0) is 12.3. The molecule has 0 bridgehead atoms. The number of nitrogens with zero attached hydrogens (tertiary/aromatic N) is 4. The minimum atomic E-state index is 0.714. The number of tetrazole rings is 1. The molecule has 0 aliphatic heterocycles. The van der Waals surface area contributed by atoms with Gasteiger partial charge in [-0.05, 0) is 46.9 Å². The second-order valence-electron chi connectivity index (χ2n) is 3.48. The summed E-state index contributed by atoms with van der Waals surface area (Å²) in [5, 5.41) is 15.8. The zero-order valence-electron chi connectivity index (χ0n) is 9.51. The number of hydrogen-bond acceptors (Lipinski definition) is 5. The number of aryl methyl sites for hydroxylation is 1. The number of rotatable bonds is 4. The summed E-state index contributed by atoms with van der Waals surface area (Å²) in [6, 6.07) is 5.97. The Bertz CT molecular complexity index is 513. The molecule has 0 aliphatic rings. The molecular formula is C10H12ClN5S. The van der Waals surface area contributed by atoms with Crippen LogP contribution in [0.1, 0.15) is 5.56 Å². The summed E-state index contributed by atoms with van der Waals surface area (Å²) in [7, 11) is 3.70. The second kappa shape index (κ2) is 5.48. The highest BCUT2D eigenvalue weighted by molar-refractivity contribution is 7.99. The van der Waals surface area contributed by atoms with Crippen LogP contribution in [-0.2, 0) is 13.6 Å². The summed E-state index contributed by atoms with van der Waals surface area (Å²) in [5.41, 5.74) is 1.15. The first kappa shape index (κ1) is 12.3. The predicted molar refractivity (Wildman–Crippen MR) is 67.1 cm³/mol. The molecule has 2 aromatic rings. The van der Waals surface area contributed by atoms with E-state index in [2.05, 4.69) is 20.8 Å². The van der Waals surface area contributed by atoms with Crippen molar-refractivity contribution in [3.05, 3.63) is 28.8 Å². The Morgan fingerprint density at radius 1 is 1.47 bits per heavy atom. The molecule has 0 atom stereocenters. The molecular weight excluding hydrogens is 258 g/mol. The van der Waals surface area contributed by atoms with Gasteiger partial charge < -0.3 is 5.32 Å². The van der Waals surface area contributed by atoms with E-state index in [1.54, 1.807) is 11.7 Å². The van der Waals surface area contributed by atoms with Gasteiger partial charge in [-0.15, -0.1) is 5.10 Å². The lowest BCUT2D eigenvalue weighted by Crippen LogP contribution is -2.04. The van der Waals surface area contributed by atoms with Gasteiger partial charge in [0, 0.05) is 18.5 Å². The maximum absolute atomic E-state index is 6.21. The molecule has 7 heteroatoms. The lowest BCUT2D eigenvalue weighted by Gasteiger charge is -2.05. The normalized spacial score (nSPS) is 10.8. The molecule has 5 nitrogen and oxygen atoms in total. The van der Waals surface area contributed by atoms with Crippen molar-refractivity contribution in [1.82, 2.24) is 25.5 Å². The summed E-state index contributed by atoms with van der Waals surface area (Å²) in [5.74, 6) is 0. The van der Waals surface area contributed by atoms with E-state index in [4.69, 9.17) is 11.6 Å². The van der Waals surface area contributed by atoms with Crippen LogP contribution in [-0.4, -0.2) is 27.3 Å². The number of hydrogen-bond donors (Lipinski definition) is 1. The van der Waals surface area contributed by atoms with Gasteiger partial charge >= 0.3 is 0 Å². The van der Waals surface area contributed by atoms with Crippen molar-refractivity contribution in [2.24, 2.45) is 7.05 Å². The molecule has 0 fully saturated rings. The molecule has 0 saturated carbocycles. The summed E-state index contributed by atoms with van der Waals surface area (Å²) in [4.78, 5) is 0.949. The van der Waals surface area contributed by atoms with E-state index in [0.717, 1.165) is 17.0 Å². The molecule has 90 valence electrons. The van der Waals surface area contributed by atoms with Crippen LogP contribution in [0.5, 0.6) is 0 Å². The molecule has 17 heavy (non-hydrogen) atoms. The van der Waals surface area contributed by atoms with E-state index in [1.807, 2.05) is 25.2 Å². The quantitative estimate of drug-likeness (QED) is 0.916. The van der Waals surface area contributed by atoms with Gasteiger partial charge in [0.1, 0.15) is 0 Å². The molecule has 2 rings (SSSR count). The highest BCUT2D eigenvalue weighted by Crippen LogP contribution is 2.32. The third-order valence-electron chi connectivity index (χ3n) is 2.16. The average molecular weight is 270 g/mol. The molecule has 0 spiro atoms. The topological polar surface area (TPSA) is 55.6 Å². The summed E-state index contributed by atoms with van der Waals surface area (Å²) in [6.45, 7) is 0.802. The van der Waals surface area contributed by atoms with E-state index < -0.39 is 0 Å². The lowest BCUT2D eigenvalue weighted by atomic mass is 10.2. The van der Waals surface area contributed by atoms with Gasteiger partial charge in [0.25, 0.3) is 0 Å². The van der Waals surface area contributed by atoms with Crippen LogP contribution < -0.4 is 5.32 Å². The molecule has 1 aromatic carbocycles. The van der Waals surface area contributed by atoms with Crippen LogP contribution in [0.3, 0.4) is 0 Å². The van der Waals surface area contributed by atoms with Crippen molar-refractivity contribution >= 4 is 23.4 Å². The van der Waals surface area contributed by atoms with Gasteiger partial charge in [-0.2, -0.15) is 0 Å². The van der Waals surface area contributed by atoms with Gasteiger partial charge in [-0.1, -0.05) is 17.7 Å². The summed E-state index contributed by atoms with van der Waals surface area (Å²) >= 11 is 7.66. The zero-order valence-corrected chi connectivity index (χ0v) is 11.1. The predicted octanol–water partition coefficient (Wildman–Crippen LogP) is 1.73. The van der Waals surface area contributed by atoms with E-state index in [1.165, 1.54) is 11.8 Å². The van der Waals surface area contributed by atoms with Crippen LogP contribution >= 0.6 is 23.4 Å². The van der Waals surface area contributed by atoms with Gasteiger partial charge in [-0.3, -0.25) is 0 Å². The second-order valence-corrected chi connectivity index (χ2v) is 4.90. The molecule has 0 saturated heterocycles. The van der Waals surface area contributed by atoms with Gasteiger partial charge in [-0.25, -0.2) is 4.68 Å². The van der Waals surface area contributed by atoms with Gasteiger partial charge in [0.05, 0.1) is 5.02 Å². The third-order valence-corrected chi connectivity index (χ3v) is 3.69. The van der Waals surface area contributed by atoms with Crippen molar-refractivity contribution in [3.8, 4) is 0 Å². The van der Waals surface area contributed by atoms with E-state index >= 15 is 0 Å². The molecule has 0 aliphatic carbocycles. The minimum absolute atomic E-state index is 0.714. The Morgan fingerprint density at radius 3 is 2.88 bits per heavy atom. The van der Waals surface area contributed by atoms with Crippen molar-refractivity contribution in [1.29, 1.82) is 0 Å². The molecule has 1 heterocycles. The molecule has 0 unspecified atom stereocenters. The summed E-state index contributed by atoms with van der Waals surface area (Å²) < 4.78 is 1.61. The molecule has 1 aromatic heterocycles. The standard InChI is InChI=1S/C10H12ClN5S/c1-12-6-7-3-4-9(8(11)5-7)17-10-13-14-15-16(10)2/h3-5,12H,6H2,1-2H3. The number of aromatic nitrogens is 4.